The molecule has 3 aliphatic carbocycles. The summed E-state index contributed by atoms with van der Waals surface area (Å²) in [6, 6.07) is 14.4. The smallest absolute Gasteiger partial charge is 0.414 e. The van der Waals surface area contributed by atoms with Gasteiger partial charge < -0.3 is 14.2 Å². The SMILES string of the molecule is COc1cccc(N2C[C@H]3C[C@H]4[C@@H]5CCc6cc(OC)ccc6[C@H]5CC[C@]4(C)[C@H]3OC2=O)c1. The molecule has 6 rings (SSSR count). The summed E-state index contributed by atoms with van der Waals surface area (Å²) in [5.41, 5.74) is 3.92. The van der Waals surface area contributed by atoms with Crippen LogP contribution in [-0.4, -0.2) is 33.0 Å². The number of nitrogens with zero attached hydrogens (tertiary/aromatic N) is 1. The Bertz CT molecular complexity index is 1080. The summed E-state index contributed by atoms with van der Waals surface area (Å²) < 4.78 is 17.1. The van der Waals surface area contributed by atoms with Crippen LogP contribution < -0.4 is 14.4 Å². The zero-order valence-corrected chi connectivity index (χ0v) is 19.8. The Labute approximate surface area is 196 Å². The van der Waals surface area contributed by atoms with Gasteiger partial charge in [0, 0.05) is 23.9 Å². The maximum absolute atomic E-state index is 13.1. The average Bonchev–Trinajstić information content (AvgIpc) is 3.14. The topological polar surface area (TPSA) is 48.0 Å². The van der Waals surface area contributed by atoms with Crippen molar-refractivity contribution in [3.05, 3.63) is 53.6 Å². The molecule has 0 unspecified atom stereocenters. The number of methoxy groups -OCH3 is 2. The molecule has 5 heteroatoms. The largest absolute Gasteiger partial charge is 0.497 e. The van der Waals surface area contributed by atoms with E-state index in [1.165, 1.54) is 24.0 Å². The normalized spacial score (nSPS) is 34.5. The molecule has 1 amide bonds. The van der Waals surface area contributed by atoms with Gasteiger partial charge >= 0.3 is 6.09 Å². The first-order chi connectivity index (χ1) is 16.0. The highest BCUT2D eigenvalue weighted by atomic mass is 16.6. The number of benzene rings is 2. The molecule has 1 aliphatic heterocycles. The van der Waals surface area contributed by atoms with Gasteiger partial charge in [-0.3, -0.25) is 4.90 Å². The zero-order valence-electron chi connectivity index (χ0n) is 19.8. The average molecular weight is 448 g/mol. The van der Waals surface area contributed by atoms with Crippen LogP contribution in [0.2, 0.25) is 0 Å². The quantitative estimate of drug-likeness (QED) is 0.596. The van der Waals surface area contributed by atoms with Crippen LogP contribution in [0.15, 0.2) is 42.5 Å². The minimum Gasteiger partial charge on any atom is -0.497 e. The minimum atomic E-state index is -0.213. The van der Waals surface area contributed by atoms with Crippen LogP contribution in [0.4, 0.5) is 10.5 Å². The Morgan fingerprint density at radius 3 is 2.70 bits per heavy atom. The van der Waals surface area contributed by atoms with Gasteiger partial charge in [-0.2, -0.15) is 0 Å². The van der Waals surface area contributed by atoms with E-state index in [4.69, 9.17) is 14.2 Å². The lowest BCUT2D eigenvalue weighted by molar-refractivity contribution is -0.0461. The van der Waals surface area contributed by atoms with E-state index < -0.39 is 0 Å². The minimum absolute atomic E-state index is 0.0232. The fraction of sp³-hybridized carbons (Fsp3) is 0.536. The van der Waals surface area contributed by atoms with Crippen LogP contribution >= 0.6 is 0 Å². The molecule has 0 bridgehead atoms. The Hall–Kier alpha value is -2.69. The van der Waals surface area contributed by atoms with Gasteiger partial charge in [-0.1, -0.05) is 19.1 Å². The van der Waals surface area contributed by atoms with Crippen molar-refractivity contribution in [2.75, 3.05) is 25.7 Å². The van der Waals surface area contributed by atoms with Gasteiger partial charge in [0.25, 0.3) is 0 Å². The number of carbonyl (C=O) groups excluding carboxylic acids is 1. The number of anilines is 1. The summed E-state index contributed by atoms with van der Waals surface area (Å²) in [5.74, 6) is 3.97. The van der Waals surface area contributed by atoms with E-state index in [2.05, 4.69) is 25.1 Å². The second-order valence-corrected chi connectivity index (χ2v) is 10.6. The zero-order chi connectivity index (χ0) is 22.7. The third-order valence-corrected chi connectivity index (χ3v) is 9.24. The van der Waals surface area contributed by atoms with Crippen LogP contribution in [-0.2, 0) is 11.2 Å². The molecule has 2 aromatic carbocycles. The number of aryl methyl sites for hydroxylation is 1. The fourth-order valence-electron chi connectivity index (χ4n) is 7.69. The highest BCUT2D eigenvalue weighted by Gasteiger charge is 2.61. The van der Waals surface area contributed by atoms with Crippen molar-refractivity contribution in [3.63, 3.8) is 0 Å². The van der Waals surface area contributed by atoms with E-state index in [1.807, 2.05) is 29.2 Å². The molecule has 0 radical (unpaired) electrons. The summed E-state index contributed by atoms with van der Waals surface area (Å²) in [5, 5.41) is 0. The van der Waals surface area contributed by atoms with Crippen LogP contribution in [0.3, 0.4) is 0 Å². The molecule has 2 aromatic rings. The lowest BCUT2D eigenvalue weighted by atomic mass is 9.55. The van der Waals surface area contributed by atoms with Crippen molar-refractivity contribution in [1.82, 2.24) is 0 Å². The molecule has 0 N–H and O–H groups in total. The number of fused-ring (bicyclic) bond motifs is 7. The molecule has 1 saturated heterocycles. The molecule has 4 aliphatic rings. The maximum atomic E-state index is 13.1. The van der Waals surface area contributed by atoms with E-state index in [0.29, 0.717) is 23.7 Å². The third kappa shape index (κ3) is 3.15. The Kier molecular flexibility index (Phi) is 4.86. The predicted molar refractivity (Wildman–Crippen MR) is 127 cm³/mol. The third-order valence-electron chi connectivity index (χ3n) is 9.24. The van der Waals surface area contributed by atoms with Crippen LogP contribution in [0.5, 0.6) is 11.5 Å². The van der Waals surface area contributed by atoms with Crippen molar-refractivity contribution < 1.29 is 19.0 Å². The second kappa shape index (κ2) is 7.68. The van der Waals surface area contributed by atoms with Crippen molar-refractivity contribution >= 4 is 11.8 Å². The summed E-state index contributed by atoms with van der Waals surface area (Å²) >= 11 is 0. The number of amides is 1. The first-order valence-electron chi connectivity index (χ1n) is 12.3. The molecule has 2 saturated carbocycles. The van der Waals surface area contributed by atoms with Gasteiger partial charge in [0.05, 0.1) is 19.9 Å². The number of ether oxygens (including phenoxy) is 3. The van der Waals surface area contributed by atoms with Gasteiger partial charge in [0.15, 0.2) is 0 Å². The highest BCUT2D eigenvalue weighted by Crippen LogP contribution is 2.63. The van der Waals surface area contributed by atoms with E-state index in [1.54, 1.807) is 14.2 Å². The highest BCUT2D eigenvalue weighted by molar-refractivity contribution is 5.89. The second-order valence-electron chi connectivity index (χ2n) is 10.6. The van der Waals surface area contributed by atoms with E-state index in [9.17, 15) is 4.79 Å². The van der Waals surface area contributed by atoms with Crippen LogP contribution in [0.25, 0.3) is 0 Å². The lowest BCUT2D eigenvalue weighted by Crippen LogP contribution is -2.52. The van der Waals surface area contributed by atoms with E-state index in [-0.39, 0.29) is 17.6 Å². The molecule has 1 heterocycles. The monoisotopic (exact) mass is 447 g/mol. The van der Waals surface area contributed by atoms with Crippen LogP contribution in [0, 0.1) is 23.2 Å². The van der Waals surface area contributed by atoms with Crippen molar-refractivity contribution in [3.8, 4) is 11.5 Å². The maximum Gasteiger partial charge on any atom is 0.414 e. The summed E-state index contributed by atoms with van der Waals surface area (Å²) in [6.45, 7) is 3.13. The molecular formula is C28H33NO4. The lowest BCUT2D eigenvalue weighted by Gasteiger charge is -2.51. The van der Waals surface area contributed by atoms with Gasteiger partial charge in [-0.25, -0.2) is 4.79 Å². The number of rotatable bonds is 3. The molecule has 3 fully saturated rings. The van der Waals surface area contributed by atoms with Gasteiger partial charge in [0.2, 0.25) is 0 Å². The van der Waals surface area contributed by atoms with Crippen LogP contribution in [0.1, 0.15) is 49.7 Å². The standard InChI is InChI=1S/C28H33NO4/c1-28-12-11-23-22-10-8-21(32-3)13-17(22)7-9-24(23)25(28)14-18-16-29(27(30)33-26(18)28)19-5-4-6-20(15-19)31-2/h4-6,8,10,13,15,18,23-26H,7,9,11-12,14,16H2,1-3H3/t18-,23-,24-,25+,26+,28+/m1/s1. The number of carbonyl (C=O) groups is 1. The molecule has 0 aromatic heterocycles. The number of hydrogen-bond donors (Lipinski definition) is 0. The molecule has 5 nitrogen and oxygen atoms in total. The van der Waals surface area contributed by atoms with Gasteiger partial charge in [0.1, 0.15) is 17.6 Å². The molecular weight excluding hydrogens is 414 g/mol. The summed E-state index contributed by atoms with van der Waals surface area (Å²) in [6.07, 6.45) is 5.59. The number of hydrogen-bond acceptors (Lipinski definition) is 4. The Morgan fingerprint density at radius 2 is 1.88 bits per heavy atom. The molecule has 33 heavy (non-hydrogen) atoms. The fourth-order valence-corrected chi connectivity index (χ4v) is 7.69. The van der Waals surface area contributed by atoms with Crippen molar-refractivity contribution in [2.45, 2.75) is 51.0 Å². The van der Waals surface area contributed by atoms with E-state index in [0.717, 1.165) is 43.0 Å². The van der Waals surface area contributed by atoms with Crippen molar-refractivity contribution in [2.24, 2.45) is 23.2 Å². The Morgan fingerprint density at radius 1 is 1.06 bits per heavy atom. The van der Waals surface area contributed by atoms with E-state index >= 15 is 0 Å². The summed E-state index contributed by atoms with van der Waals surface area (Å²) in [7, 11) is 3.40. The van der Waals surface area contributed by atoms with Gasteiger partial charge in [-0.15, -0.1) is 0 Å². The summed E-state index contributed by atoms with van der Waals surface area (Å²) in [4.78, 5) is 14.9. The molecule has 174 valence electrons. The Balaban J connectivity index is 1.27. The van der Waals surface area contributed by atoms with Gasteiger partial charge in [-0.05, 0) is 85.3 Å². The van der Waals surface area contributed by atoms with Crippen molar-refractivity contribution in [1.29, 1.82) is 0 Å². The first kappa shape index (κ1) is 20.9. The predicted octanol–water partition coefficient (Wildman–Crippen LogP) is 5.81. The molecule has 6 atom stereocenters. The molecule has 0 spiro atoms. The first-order valence-corrected chi connectivity index (χ1v) is 12.3.